The minimum absolute atomic E-state index is 0.378. The van der Waals surface area contributed by atoms with Crippen LogP contribution in [0.5, 0.6) is 0 Å². The highest BCUT2D eigenvalue weighted by Crippen LogP contribution is 2.18. The van der Waals surface area contributed by atoms with Crippen LogP contribution in [-0.4, -0.2) is 32.1 Å². The molecule has 0 radical (unpaired) electrons. The predicted octanol–water partition coefficient (Wildman–Crippen LogP) is 2.14. The molecule has 1 heterocycles. The van der Waals surface area contributed by atoms with E-state index in [-0.39, 0.29) is 0 Å². The largest absolute Gasteiger partial charge is 0.364 e. The normalized spacial score (nSPS) is 15.0. The van der Waals surface area contributed by atoms with E-state index in [1.807, 2.05) is 0 Å². The lowest BCUT2D eigenvalue weighted by molar-refractivity contribution is 0.699. The zero-order valence-corrected chi connectivity index (χ0v) is 12.6. The van der Waals surface area contributed by atoms with Gasteiger partial charge in [0.15, 0.2) is 5.96 Å². The third kappa shape index (κ3) is 4.02. The smallest absolute Gasteiger partial charge is 0.191 e. The van der Waals surface area contributed by atoms with Gasteiger partial charge in [-0.2, -0.15) is 0 Å². The minimum atomic E-state index is 0.378. The van der Waals surface area contributed by atoms with Crippen molar-refractivity contribution in [3.8, 4) is 0 Å². The minimum Gasteiger partial charge on any atom is -0.364 e. The van der Waals surface area contributed by atoms with Crippen molar-refractivity contribution < 1.29 is 0 Å². The Hall–Kier alpha value is -1.97. The first-order valence-electron chi connectivity index (χ1n) is 7.15. The van der Waals surface area contributed by atoms with Gasteiger partial charge in [0.1, 0.15) is 0 Å². The highest BCUT2D eigenvalue weighted by Gasteiger charge is 2.08. The molecule has 0 bridgehead atoms. The van der Waals surface area contributed by atoms with Crippen LogP contribution in [0.25, 0.3) is 0 Å². The Morgan fingerprint density at radius 2 is 2.05 bits per heavy atom. The zero-order chi connectivity index (χ0) is 14.4. The van der Waals surface area contributed by atoms with Gasteiger partial charge in [0.25, 0.3) is 0 Å². The van der Waals surface area contributed by atoms with Crippen LogP contribution in [0.3, 0.4) is 0 Å². The maximum atomic E-state index is 4.22. The summed E-state index contributed by atoms with van der Waals surface area (Å²) in [7, 11) is 1.80. The molecular weight excluding hydrogens is 248 g/mol. The topological polar surface area (TPSA) is 39.7 Å². The van der Waals surface area contributed by atoms with E-state index in [1.165, 1.54) is 11.3 Å². The molecule has 0 amide bonds. The van der Waals surface area contributed by atoms with Gasteiger partial charge in [0.2, 0.25) is 0 Å². The highest BCUT2D eigenvalue weighted by atomic mass is 15.2. The van der Waals surface area contributed by atoms with Gasteiger partial charge < -0.3 is 15.5 Å². The summed E-state index contributed by atoms with van der Waals surface area (Å²) in [5, 5.41) is 6.63. The molecule has 1 aromatic rings. The van der Waals surface area contributed by atoms with Gasteiger partial charge in [-0.3, -0.25) is 4.99 Å². The van der Waals surface area contributed by atoms with Crippen molar-refractivity contribution in [2.75, 3.05) is 25.0 Å². The second-order valence-electron chi connectivity index (χ2n) is 5.27. The van der Waals surface area contributed by atoms with E-state index < -0.39 is 0 Å². The van der Waals surface area contributed by atoms with Crippen molar-refractivity contribution in [2.45, 2.75) is 26.4 Å². The van der Waals surface area contributed by atoms with Crippen LogP contribution in [0, 0.1) is 0 Å². The summed E-state index contributed by atoms with van der Waals surface area (Å²) < 4.78 is 0. The SMILES string of the molecule is CN=C(NCc1cccc(N2CC=CC2)c1)NC(C)C. The van der Waals surface area contributed by atoms with E-state index in [1.54, 1.807) is 7.05 Å². The second kappa shape index (κ2) is 6.98. The van der Waals surface area contributed by atoms with Crippen LogP contribution in [0.2, 0.25) is 0 Å². The molecule has 0 spiro atoms. The molecule has 0 aliphatic carbocycles. The number of anilines is 1. The average Bonchev–Trinajstić information content (AvgIpc) is 2.97. The molecule has 2 N–H and O–H groups in total. The van der Waals surface area contributed by atoms with Gasteiger partial charge in [-0.05, 0) is 31.5 Å². The molecule has 0 atom stereocenters. The van der Waals surface area contributed by atoms with Gasteiger partial charge >= 0.3 is 0 Å². The van der Waals surface area contributed by atoms with E-state index in [0.29, 0.717) is 6.04 Å². The molecule has 1 aromatic carbocycles. The van der Waals surface area contributed by atoms with Crippen LogP contribution < -0.4 is 15.5 Å². The molecule has 0 aromatic heterocycles. The Morgan fingerprint density at radius 3 is 2.70 bits per heavy atom. The Balaban J connectivity index is 1.94. The number of hydrogen-bond donors (Lipinski definition) is 2. The van der Waals surface area contributed by atoms with Gasteiger partial charge in [-0.1, -0.05) is 24.3 Å². The maximum absolute atomic E-state index is 4.22. The molecule has 0 saturated heterocycles. The van der Waals surface area contributed by atoms with E-state index in [9.17, 15) is 0 Å². The predicted molar refractivity (Wildman–Crippen MR) is 86.3 cm³/mol. The summed E-state index contributed by atoms with van der Waals surface area (Å²) >= 11 is 0. The van der Waals surface area contributed by atoms with Crippen LogP contribution in [-0.2, 0) is 6.54 Å². The molecule has 4 heteroatoms. The van der Waals surface area contributed by atoms with Gasteiger partial charge in [-0.25, -0.2) is 0 Å². The van der Waals surface area contributed by atoms with Crippen molar-refractivity contribution in [2.24, 2.45) is 4.99 Å². The number of hydrogen-bond acceptors (Lipinski definition) is 2. The molecule has 0 unspecified atom stereocenters. The third-order valence-electron chi connectivity index (χ3n) is 3.20. The third-order valence-corrected chi connectivity index (χ3v) is 3.20. The molecule has 2 rings (SSSR count). The second-order valence-corrected chi connectivity index (χ2v) is 5.27. The average molecular weight is 272 g/mol. The van der Waals surface area contributed by atoms with Crippen LogP contribution in [0.1, 0.15) is 19.4 Å². The van der Waals surface area contributed by atoms with Crippen LogP contribution >= 0.6 is 0 Å². The van der Waals surface area contributed by atoms with Crippen molar-refractivity contribution >= 4 is 11.6 Å². The number of nitrogens with zero attached hydrogens (tertiary/aromatic N) is 2. The lowest BCUT2D eigenvalue weighted by Gasteiger charge is -2.19. The Kier molecular flexibility index (Phi) is 5.04. The van der Waals surface area contributed by atoms with Crippen molar-refractivity contribution in [1.29, 1.82) is 0 Å². The molecule has 20 heavy (non-hydrogen) atoms. The van der Waals surface area contributed by atoms with E-state index in [2.05, 4.69) is 70.8 Å². The number of guanidine groups is 1. The van der Waals surface area contributed by atoms with Crippen LogP contribution in [0.4, 0.5) is 5.69 Å². The van der Waals surface area contributed by atoms with Gasteiger partial charge in [0, 0.05) is 38.4 Å². The lowest BCUT2D eigenvalue weighted by Crippen LogP contribution is -2.40. The molecule has 4 nitrogen and oxygen atoms in total. The highest BCUT2D eigenvalue weighted by molar-refractivity contribution is 5.79. The van der Waals surface area contributed by atoms with E-state index in [0.717, 1.165) is 25.6 Å². The zero-order valence-electron chi connectivity index (χ0n) is 12.6. The standard InChI is InChI=1S/C16H24N4/c1-13(2)19-16(17-3)18-12-14-7-6-8-15(11-14)20-9-4-5-10-20/h4-8,11,13H,9-10,12H2,1-3H3,(H2,17,18,19). The van der Waals surface area contributed by atoms with Crippen molar-refractivity contribution in [1.82, 2.24) is 10.6 Å². The summed E-state index contributed by atoms with van der Waals surface area (Å²) in [6.07, 6.45) is 4.42. The molecular formula is C16H24N4. The number of benzene rings is 1. The maximum Gasteiger partial charge on any atom is 0.191 e. The van der Waals surface area contributed by atoms with E-state index in [4.69, 9.17) is 0 Å². The summed E-state index contributed by atoms with van der Waals surface area (Å²) in [5.41, 5.74) is 2.54. The lowest BCUT2D eigenvalue weighted by atomic mass is 10.2. The number of nitrogens with one attached hydrogen (secondary N) is 2. The summed E-state index contributed by atoms with van der Waals surface area (Å²) in [4.78, 5) is 6.57. The van der Waals surface area contributed by atoms with Gasteiger partial charge in [-0.15, -0.1) is 0 Å². The fourth-order valence-electron chi connectivity index (χ4n) is 2.21. The summed E-state index contributed by atoms with van der Waals surface area (Å²) in [6.45, 7) is 7.00. The Bertz CT molecular complexity index is 483. The Morgan fingerprint density at radius 1 is 1.30 bits per heavy atom. The monoisotopic (exact) mass is 272 g/mol. The first kappa shape index (κ1) is 14.4. The van der Waals surface area contributed by atoms with Gasteiger partial charge in [0.05, 0.1) is 0 Å². The molecule has 1 aliphatic heterocycles. The molecule has 0 fully saturated rings. The molecule has 108 valence electrons. The van der Waals surface area contributed by atoms with Crippen molar-refractivity contribution in [3.63, 3.8) is 0 Å². The Labute approximate surface area is 121 Å². The van der Waals surface area contributed by atoms with Crippen molar-refractivity contribution in [3.05, 3.63) is 42.0 Å². The quantitative estimate of drug-likeness (QED) is 0.501. The molecule has 1 aliphatic rings. The molecule has 0 saturated carbocycles. The first-order chi connectivity index (χ1) is 9.69. The number of aliphatic imine (C=N–C) groups is 1. The van der Waals surface area contributed by atoms with E-state index >= 15 is 0 Å². The summed E-state index contributed by atoms with van der Waals surface area (Å²) in [6, 6.07) is 9.04. The van der Waals surface area contributed by atoms with Crippen LogP contribution in [0.15, 0.2) is 41.4 Å². The fraction of sp³-hybridized carbons (Fsp3) is 0.438. The fourth-order valence-corrected chi connectivity index (χ4v) is 2.21. The number of rotatable bonds is 4. The first-order valence-corrected chi connectivity index (χ1v) is 7.15. The summed E-state index contributed by atoms with van der Waals surface area (Å²) in [5.74, 6) is 0.841.